The fourth-order valence-corrected chi connectivity index (χ4v) is 2.59. The fourth-order valence-electron chi connectivity index (χ4n) is 2.59. The number of amides is 1. The van der Waals surface area contributed by atoms with E-state index in [-0.39, 0.29) is 12.4 Å². The number of carbonyl (C=O) groups is 4. The Bertz CT molecular complexity index is 1040. The van der Waals surface area contributed by atoms with Gasteiger partial charge in [0.25, 0.3) is 0 Å². The first kappa shape index (κ1) is 24.0. The van der Waals surface area contributed by atoms with Gasteiger partial charge in [0, 0.05) is 11.1 Å². The molecule has 0 bridgehead atoms. The van der Waals surface area contributed by atoms with Crippen LogP contribution in [-0.4, -0.2) is 52.6 Å². The van der Waals surface area contributed by atoms with Gasteiger partial charge in [-0.3, -0.25) is 14.4 Å². The van der Waals surface area contributed by atoms with Crippen LogP contribution in [0.2, 0.25) is 0 Å². The fraction of sp³-hybridized carbons (Fsp3) is 0.227. The van der Waals surface area contributed by atoms with E-state index in [1.165, 1.54) is 37.3 Å². The number of nitrogens with zero attached hydrogens (tertiary/aromatic N) is 1. The monoisotopic (exact) mass is 440 g/mol. The lowest BCUT2D eigenvalue weighted by Crippen LogP contribution is -2.45. The number of nitrogens with one attached hydrogen (secondary N) is 1. The van der Waals surface area contributed by atoms with E-state index in [0.717, 1.165) is 0 Å². The first-order valence-electron chi connectivity index (χ1n) is 9.41. The quantitative estimate of drug-likeness (QED) is 0.271. The van der Waals surface area contributed by atoms with Crippen LogP contribution in [0.25, 0.3) is 0 Å². The highest BCUT2D eigenvalue weighted by atomic mass is 16.5. The van der Waals surface area contributed by atoms with Gasteiger partial charge in [0.15, 0.2) is 5.78 Å². The number of hydrogen-bond acceptors (Lipinski definition) is 7. The molecule has 3 N–H and O–H groups in total. The van der Waals surface area contributed by atoms with Crippen molar-refractivity contribution in [2.75, 3.05) is 6.61 Å². The lowest BCUT2D eigenvalue weighted by molar-refractivity contribution is -0.147. The molecule has 2 atom stereocenters. The zero-order valence-corrected chi connectivity index (χ0v) is 17.0. The highest BCUT2D eigenvalue weighted by Crippen LogP contribution is 2.18. The van der Waals surface area contributed by atoms with Gasteiger partial charge in [-0.15, -0.1) is 0 Å². The summed E-state index contributed by atoms with van der Waals surface area (Å²) in [5.41, 5.74) is 1.19. The average Bonchev–Trinajstić information content (AvgIpc) is 2.77. The molecule has 0 aromatic heterocycles. The maximum Gasteiger partial charge on any atom is 0.326 e. The molecule has 0 aliphatic heterocycles. The van der Waals surface area contributed by atoms with Crippen LogP contribution in [0.3, 0.4) is 0 Å². The van der Waals surface area contributed by atoms with E-state index in [1.807, 2.05) is 0 Å². The van der Waals surface area contributed by atoms with E-state index in [2.05, 4.69) is 10.3 Å². The van der Waals surface area contributed by atoms with Crippen LogP contribution in [-0.2, 0) is 19.2 Å². The number of carboxylic acid groups (broad SMARTS) is 2. The Kier molecular flexibility index (Phi) is 8.38. The normalized spacial score (nSPS) is 12.0. The van der Waals surface area contributed by atoms with Gasteiger partial charge in [0.05, 0.1) is 24.6 Å². The third-order valence-electron chi connectivity index (χ3n) is 4.36. The molecule has 32 heavy (non-hydrogen) atoms. The maximum absolute atomic E-state index is 12.5. The minimum Gasteiger partial charge on any atom is -0.493 e. The molecule has 10 nitrogen and oxygen atoms in total. The third-order valence-corrected chi connectivity index (χ3v) is 4.36. The number of aliphatic carboxylic acids is 2. The van der Waals surface area contributed by atoms with Gasteiger partial charge in [-0.2, -0.15) is 4.99 Å². The SMILES string of the molecule is CC(COc1ccc(C(=O)c2ccc(N=C=O)cc2)cc1)C(=O)NC(CC(=O)O)C(=O)O. The van der Waals surface area contributed by atoms with Crippen molar-refractivity contribution in [3.63, 3.8) is 0 Å². The van der Waals surface area contributed by atoms with E-state index in [0.29, 0.717) is 22.6 Å². The van der Waals surface area contributed by atoms with Gasteiger partial charge in [0.2, 0.25) is 12.0 Å². The summed E-state index contributed by atoms with van der Waals surface area (Å²) in [5.74, 6) is -4.06. The number of ether oxygens (including phenoxy) is 1. The molecule has 0 heterocycles. The van der Waals surface area contributed by atoms with Crippen LogP contribution in [0.5, 0.6) is 5.75 Å². The molecule has 2 rings (SSSR count). The highest BCUT2D eigenvalue weighted by Gasteiger charge is 2.25. The van der Waals surface area contributed by atoms with Crippen LogP contribution in [0, 0.1) is 5.92 Å². The summed E-state index contributed by atoms with van der Waals surface area (Å²) < 4.78 is 5.51. The standard InChI is InChI=1S/C22H20N2O8/c1-13(21(29)24-18(22(30)31)10-19(26)27)11-32-17-8-4-15(5-9-17)20(28)14-2-6-16(7-3-14)23-12-25/h2-9,13,18H,10-11H2,1H3,(H,24,29)(H,26,27)(H,30,31). The number of ketones is 1. The van der Waals surface area contributed by atoms with Gasteiger partial charge in [-0.1, -0.05) is 6.92 Å². The molecule has 10 heteroatoms. The second-order valence-corrected chi connectivity index (χ2v) is 6.81. The topological polar surface area (TPSA) is 159 Å². The van der Waals surface area contributed by atoms with Crippen molar-refractivity contribution in [1.29, 1.82) is 0 Å². The van der Waals surface area contributed by atoms with Crippen LogP contribution in [0.1, 0.15) is 29.3 Å². The summed E-state index contributed by atoms with van der Waals surface area (Å²) in [7, 11) is 0. The van der Waals surface area contributed by atoms with Crippen LogP contribution in [0.15, 0.2) is 53.5 Å². The zero-order valence-electron chi connectivity index (χ0n) is 17.0. The first-order chi connectivity index (χ1) is 15.2. The number of rotatable bonds is 11. The zero-order chi connectivity index (χ0) is 23.7. The number of aliphatic imine (C=N–C) groups is 1. The highest BCUT2D eigenvalue weighted by molar-refractivity contribution is 6.09. The Hall–Kier alpha value is -4.30. The number of benzene rings is 2. The van der Waals surface area contributed by atoms with Crippen molar-refractivity contribution in [3.05, 3.63) is 59.7 Å². The Morgan fingerprint density at radius 3 is 2.06 bits per heavy atom. The number of carboxylic acids is 2. The van der Waals surface area contributed by atoms with Gasteiger partial charge < -0.3 is 20.3 Å². The summed E-state index contributed by atoms with van der Waals surface area (Å²) in [6.45, 7) is 1.42. The van der Waals surface area contributed by atoms with Crippen LogP contribution in [0.4, 0.5) is 5.69 Å². The summed E-state index contributed by atoms with van der Waals surface area (Å²) in [4.78, 5) is 60.1. The minimum absolute atomic E-state index is 0.0861. The average molecular weight is 440 g/mol. The van der Waals surface area contributed by atoms with Crippen molar-refractivity contribution in [3.8, 4) is 5.75 Å². The smallest absolute Gasteiger partial charge is 0.326 e. The molecular weight excluding hydrogens is 420 g/mol. The molecule has 0 saturated carbocycles. The largest absolute Gasteiger partial charge is 0.493 e. The molecular formula is C22H20N2O8. The second-order valence-electron chi connectivity index (χ2n) is 6.81. The van der Waals surface area contributed by atoms with Gasteiger partial charge in [-0.25, -0.2) is 9.59 Å². The minimum atomic E-state index is -1.54. The van der Waals surface area contributed by atoms with Crippen LogP contribution < -0.4 is 10.1 Å². The number of carbonyl (C=O) groups excluding carboxylic acids is 3. The summed E-state index contributed by atoms with van der Waals surface area (Å²) >= 11 is 0. The molecule has 0 saturated heterocycles. The molecule has 166 valence electrons. The van der Waals surface area contributed by atoms with Gasteiger partial charge in [0.1, 0.15) is 11.8 Å². The van der Waals surface area contributed by atoms with Crippen molar-refractivity contribution in [1.82, 2.24) is 5.32 Å². The van der Waals surface area contributed by atoms with E-state index >= 15 is 0 Å². The van der Waals surface area contributed by atoms with Crippen molar-refractivity contribution >= 4 is 35.4 Å². The lowest BCUT2D eigenvalue weighted by Gasteiger charge is -2.17. The Morgan fingerprint density at radius 1 is 1.00 bits per heavy atom. The maximum atomic E-state index is 12.5. The molecule has 0 fully saturated rings. The molecule has 0 aliphatic carbocycles. The number of isocyanates is 1. The molecule has 2 aromatic rings. The molecule has 0 spiro atoms. The molecule has 1 amide bonds. The predicted octanol–water partition coefficient (Wildman–Crippen LogP) is 1.94. The summed E-state index contributed by atoms with van der Waals surface area (Å²) in [6.07, 6.45) is 0.681. The molecule has 0 radical (unpaired) electrons. The van der Waals surface area contributed by atoms with E-state index in [1.54, 1.807) is 24.3 Å². The van der Waals surface area contributed by atoms with E-state index in [9.17, 15) is 24.0 Å². The number of hydrogen-bond donors (Lipinski definition) is 3. The Morgan fingerprint density at radius 2 is 1.56 bits per heavy atom. The Balaban J connectivity index is 1.93. The summed E-state index contributed by atoms with van der Waals surface area (Å²) in [6, 6.07) is 10.8. The van der Waals surface area contributed by atoms with Gasteiger partial charge in [-0.05, 0) is 48.5 Å². The Labute approximate surface area is 182 Å². The predicted molar refractivity (Wildman–Crippen MR) is 111 cm³/mol. The second kappa shape index (κ2) is 11.2. The van der Waals surface area contributed by atoms with Crippen molar-refractivity contribution in [2.24, 2.45) is 10.9 Å². The molecule has 2 aromatic carbocycles. The summed E-state index contributed by atoms with van der Waals surface area (Å²) in [5, 5.41) is 19.9. The lowest BCUT2D eigenvalue weighted by atomic mass is 10.0. The molecule has 2 unspecified atom stereocenters. The van der Waals surface area contributed by atoms with Crippen molar-refractivity contribution < 1.29 is 38.9 Å². The van der Waals surface area contributed by atoms with E-state index < -0.39 is 36.2 Å². The van der Waals surface area contributed by atoms with Crippen LogP contribution >= 0.6 is 0 Å². The van der Waals surface area contributed by atoms with Gasteiger partial charge >= 0.3 is 11.9 Å². The van der Waals surface area contributed by atoms with E-state index in [4.69, 9.17) is 14.9 Å². The van der Waals surface area contributed by atoms with Crippen molar-refractivity contribution in [2.45, 2.75) is 19.4 Å². The molecule has 0 aliphatic rings. The first-order valence-corrected chi connectivity index (χ1v) is 9.41. The third kappa shape index (κ3) is 6.89.